The Morgan fingerprint density at radius 2 is 0.969 bits per heavy atom. The molecule has 164 valence electrons. The molecule has 0 fully saturated rings. The molecule has 0 aliphatic carbocycles. The highest BCUT2D eigenvalue weighted by Crippen LogP contribution is 2.23. The molecule has 0 N–H and O–H groups in total. The molecule has 3 heteroatoms. The van der Waals surface area contributed by atoms with Gasteiger partial charge in [-0.3, -0.25) is 4.79 Å². The summed E-state index contributed by atoms with van der Waals surface area (Å²) < 4.78 is 0. The van der Waals surface area contributed by atoms with E-state index in [0.29, 0.717) is 26.2 Å². The van der Waals surface area contributed by atoms with Crippen molar-refractivity contribution in [2.45, 2.75) is 0 Å². The molecule has 0 atom stereocenters. The van der Waals surface area contributed by atoms with Gasteiger partial charge in [-0.1, -0.05) is 60.7 Å². The lowest BCUT2D eigenvalue weighted by atomic mass is 10.1. The zero-order valence-electron chi connectivity index (χ0n) is 18.7. The quantitative estimate of drug-likeness (QED) is 0.261. The number of benzene rings is 2. The molecule has 0 aromatic heterocycles. The van der Waals surface area contributed by atoms with Crippen LogP contribution in [0.15, 0.2) is 111 Å². The number of ketones is 1. The lowest BCUT2D eigenvalue weighted by Gasteiger charge is -2.23. The second-order valence-electron chi connectivity index (χ2n) is 7.15. The summed E-state index contributed by atoms with van der Waals surface area (Å²) >= 11 is 0. The maximum absolute atomic E-state index is 12.6. The molecule has 0 unspecified atom stereocenters. The summed E-state index contributed by atoms with van der Waals surface area (Å²) in [4.78, 5) is 16.9. The first-order valence-electron chi connectivity index (χ1n) is 10.7. The first-order valence-corrected chi connectivity index (χ1v) is 10.7. The van der Waals surface area contributed by atoms with Crippen LogP contribution in [0.1, 0.15) is 11.1 Å². The number of carbonyl (C=O) groups excluding carboxylic acids is 1. The molecule has 0 saturated carbocycles. The third-order valence-corrected chi connectivity index (χ3v) is 4.81. The van der Waals surface area contributed by atoms with E-state index in [0.717, 1.165) is 22.5 Å². The largest absolute Gasteiger partial charge is 0.364 e. The molecule has 0 heterocycles. The molecule has 0 saturated heterocycles. The first-order chi connectivity index (χ1) is 15.6. The molecule has 0 spiro atoms. The van der Waals surface area contributed by atoms with Crippen molar-refractivity contribution in [1.29, 1.82) is 0 Å². The average Bonchev–Trinajstić information content (AvgIpc) is 2.81. The normalized spacial score (nSPS) is 10.8. The van der Waals surface area contributed by atoms with Crippen molar-refractivity contribution >= 4 is 29.3 Å². The van der Waals surface area contributed by atoms with E-state index in [9.17, 15) is 4.79 Å². The first kappa shape index (κ1) is 24.4. The highest BCUT2D eigenvalue weighted by atomic mass is 16.1. The average molecular weight is 425 g/mol. The lowest BCUT2D eigenvalue weighted by Crippen LogP contribution is -2.23. The number of rotatable bonds is 14. The summed E-state index contributed by atoms with van der Waals surface area (Å²) in [5, 5.41) is 0. The molecule has 0 aliphatic heterocycles. The molecule has 3 nitrogen and oxygen atoms in total. The summed E-state index contributed by atoms with van der Waals surface area (Å²) in [5.74, 6) is -0.0763. The van der Waals surface area contributed by atoms with Gasteiger partial charge in [0.25, 0.3) is 0 Å². The highest BCUT2D eigenvalue weighted by molar-refractivity contribution is 6.05. The standard InChI is InChI=1S/C29H32N2O/c1-5-21-30(22-6-2)28-15-11-9-13-25(28)17-19-27(32)20-18-26-14-10-12-16-29(26)31(23-7-3)24-8-4/h5-20H,1-4,21-24H2/b19-17+,20-18+. The maximum atomic E-state index is 12.6. The predicted octanol–water partition coefficient (Wildman–Crippen LogP) is 6.34. The van der Waals surface area contributed by atoms with Crippen LogP contribution in [0, 0.1) is 0 Å². The molecule has 0 aliphatic rings. The Morgan fingerprint density at radius 3 is 1.31 bits per heavy atom. The Bertz CT molecular complexity index is 900. The molecule has 0 radical (unpaired) electrons. The molecule has 2 aromatic carbocycles. The minimum Gasteiger partial charge on any atom is -0.364 e. The minimum absolute atomic E-state index is 0.0763. The molecule has 0 amide bonds. The van der Waals surface area contributed by atoms with Crippen LogP contribution >= 0.6 is 0 Å². The van der Waals surface area contributed by atoms with E-state index in [4.69, 9.17) is 0 Å². The SMILES string of the molecule is C=CCN(CC=C)c1ccccc1/C=C/C(=O)/C=C/c1ccccc1N(CC=C)CC=C. The number of para-hydroxylation sites is 2. The van der Waals surface area contributed by atoms with Gasteiger partial charge in [-0.15, -0.1) is 26.3 Å². The predicted molar refractivity (Wildman–Crippen MR) is 141 cm³/mol. The van der Waals surface area contributed by atoms with Gasteiger partial charge in [0.1, 0.15) is 0 Å². The second kappa shape index (κ2) is 13.5. The third kappa shape index (κ3) is 7.13. The fourth-order valence-electron chi connectivity index (χ4n) is 3.40. The van der Waals surface area contributed by atoms with Gasteiger partial charge in [0.15, 0.2) is 5.78 Å². The zero-order valence-corrected chi connectivity index (χ0v) is 18.7. The van der Waals surface area contributed by atoms with Crippen molar-refractivity contribution in [2.24, 2.45) is 0 Å². The van der Waals surface area contributed by atoms with Crippen LogP contribution in [0.3, 0.4) is 0 Å². The van der Waals surface area contributed by atoms with E-state index in [1.54, 1.807) is 12.2 Å². The van der Waals surface area contributed by atoms with Crippen LogP contribution in [0.4, 0.5) is 11.4 Å². The van der Waals surface area contributed by atoms with Crippen molar-refractivity contribution in [1.82, 2.24) is 0 Å². The Morgan fingerprint density at radius 1 is 0.625 bits per heavy atom. The van der Waals surface area contributed by atoms with E-state index in [1.165, 1.54) is 0 Å². The summed E-state index contributed by atoms with van der Waals surface area (Å²) in [6, 6.07) is 16.0. The van der Waals surface area contributed by atoms with Gasteiger partial charge in [0.2, 0.25) is 0 Å². The number of allylic oxidation sites excluding steroid dienone is 2. The van der Waals surface area contributed by atoms with E-state index < -0.39 is 0 Å². The Hall–Kier alpha value is -3.85. The number of anilines is 2. The summed E-state index contributed by atoms with van der Waals surface area (Å²) in [6.45, 7) is 18.2. The lowest BCUT2D eigenvalue weighted by molar-refractivity contribution is -0.110. The zero-order chi connectivity index (χ0) is 23.2. The minimum atomic E-state index is -0.0763. The monoisotopic (exact) mass is 424 g/mol. The van der Waals surface area contributed by atoms with Crippen LogP contribution in [0.5, 0.6) is 0 Å². The molecule has 32 heavy (non-hydrogen) atoms. The van der Waals surface area contributed by atoms with Gasteiger partial charge < -0.3 is 9.80 Å². The van der Waals surface area contributed by atoms with E-state index in [-0.39, 0.29) is 5.78 Å². The Kier molecular flexibility index (Phi) is 10.3. The Labute approximate surface area is 192 Å². The fraction of sp³-hybridized carbons (Fsp3) is 0.138. The Balaban J connectivity index is 2.22. The van der Waals surface area contributed by atoms with Crippen molar-refractivity contribution < 1.29 is 4.79 Å². The number of hydrogen-bond donors (Lipinski definition) is 0. The highest BCUT2D eigenvalue weighted by Gasteiger charge is 2.08. The van der Waals surface area contributed by atoms with E-state index in [2.05, 4.69) is 36.1 Å². The van der Waals surface area contributed by atoms with Crippen LogP contribution in [0.2, 0.25) is 0 Å². The number of nitrogens with zero attached hydrogens (tertiary/aromatic N) is 2. The van der Waals surface area contributed by atoms with Crippen molar-refractivity contribution in [2.75, 3.05) is 36.0 Å². The number of hydrogen-bond acceptors (Lipinski definition) is 3. The number of carbonyl (C=O) groups is 1. The summed E-state index contributed by atoms with van der Waals surface area (Å²) in [6.07, 6.45) is 14.3. The second-order valence-corrected chi connectivity index (χ2v) is 7.15. The topological polar surface area (TPSA) is 23.6 Å². The third-order valence-electron chi connectivity index (χ3n) is 4.81. The van der Waals surface area contributed by atoms with E-state index >= 15 is 0 Å². The van der Waals surface area contributed by atoms with Crippen molar-refractivity contribution in [3.05, 3.63) is 122 Å². The smallest absolute Gasteiger partial charge is 0.178 e. The van der Waals surface area contributed by atoms with Gasteiger partial charge >= 0.3 is 0 Å². The molecule has 2 rings (SSSR count). The summed E-state index contributed by atoms with van der Waals surface area (Å²) in [5.41, 5.74) is 4.02. The van der Waals surface area contributed by atoms with Crippen molar-refractivity contribution in [3.8, 4) is 0 Å². The molecular formula is C29H32N2O. The van der Waals surface area contributed by atoms with Gasteiger partial charge in [-0.2, -0.15) is 0 Å². The molecule has 0 bridgehead atoms. The van der Waals surface area contributed by atoms with Gasteiger partial charge in [-0.25, -0.2) is 0 Å². The summed E-state index contributed by atoms with van der Waals surface area (Å²) in [7, 11) is 0. The van der Waals surface area contributed by atoms with Gasteiger partial charge in [-0.05, 0) is 47.6 Å². The van der Waals surface area contributed by atoms with E-state index in [1.807, 2.05) is 85.0 Å². The molecular weight excluding hydrogens is 392 g/mol. The van der Waals surface area contributed by atoms with Gasteiger partial charge in [0.05, 0.1) is 0 Å². The maximum Gasteiger partial charge on any atom is 0.178 e. The fourth-order valence-corrected chi connectivity index (χ4v) is 3.40. The van der Waals surface area contributed by atoms with Crippen LogP contribution in [-0.2, 0) is 4.79 Å². The molecule has 2 aromatic rings. The van der Waals surface area contributed by atoms with Crippen molar-refractivity contribution in [3.63, 3.8) is 0 Å². The van der Waals surface area contributed by atoms with Crippen LogP contribution in [-0.4, -0.2) is 32.0 Å². The van der Waals surface area contributed by atoms with Gasteiger partial charge in [0, 0.05) is 37.6 Å². The van der Waals surface area contributed by atoms with Crippen LogP contribution in [0.25, 0.3) is 12.2 Å². The van der Waals surface area contributed by atoms with Crippen LogP contribution < -0.4 is 9.80 Å².